The SMILES string of the molecule is COc1cc(N)c(Br)cc1C(=O)NC1CC2CCC(C1)N2Cc1ccc(Cl)c(Cl)c1. The number of hydrogen-bond acceptors (Lipinski definition) is 4. The molecule has 2 aliphatic heterocycles. The molecule has 2 heterocycles. The van der Waals surface area contributed by atoms with E-state index in [0.29, 0.717) is 43.6 Å². The first-order chi connectivity index (χ1) is 14.4. The largest absolute Gasteiger partial charge is 0.496 e. The van der Waals surface area contributed by atoms with Crippen LogP contribution in [0, 0.1) is 0 Å². The third-order valence-electron chi connectivity index (χ3n) is 6.13. The number of carbonyl (C=O) groups is 1. The Bertz CT molecular complexity index is 958. The number of methoxy groups -OCH3 is 1. The molecule has 2 aromatic rings. The molecule has 2 fully saturated rings. The van der Waals surface area contributed by atoms with Crippen LogP contribution >= 0.6 is 39.1 Å². The number of amides is 1. The number of halogens is 3. The molecule has 160 valence electrons. The van der Waals surface area contributed by atoms with Gasteiger partial charge in [-0.25, -0.2) is 0 Å². The summed E-state index contributed by atoms with van der Waals surface area (Å²) in [6, 6.07) is 10.3. The predicted molar refractivity (Wildman–Crippen MR) is 124 cm³/mol. The number of nitrogen functional groups attached to an aromatic ring is 1. The summed E-state index contributed by atoms with van der Waals surface area (Å²) in [6.45, 7) is 0.853. The number of benzene rings is 2. The first-order valence-corrected chi connectivity index (χ1v) is 11.5. The maximum atomic E-state index is 12.9. The molecule has 1 amide bonds. The second-order valence-electron chi connectivity index (χ2n) is 8.02. The van der Waals surface area contributed by atoms with Gasteiger partial charge in [-0.15, -0.1) is 0 Å². The Balaban J connectivity index is 1.43. The number of anilines is 1. The number of fused-ring (bicyclic) bond motifs is 2. The standard InChI is InChI=1S/C22H24BrCl2N3O2/c1-30-21-10-20(26)17(23)9-16(21)22(29)27-13-7-14-3-4-15(8-13)28(14)11-12-2-5-18(24)19(25)6-12/h2,5-6,9-10,13-15H,3-4,7-8,11,26H2,1H3,(H,27,29). The van der Waals surface area contributed by atoms with Crippen LogP contribution in [-0.4, -0.2) is 36.0 Å². The Morgan fingerprint density at radius 3 is 2.53 bits per heavy atom. The molecule has 0 saturated carbocycles. The second-order valence-corrected chi connectivity index (χ2v) is 9.69. The van der Waals surface area contributed by atoms with Crippen LogP contribution in [0.25, 0.3) is 0 Å². The summed E-state index contributed by atoms with van der Waals surface area (Å²) in [4.78, 5) is 15.5. The first kappa shape index (κ1) is 21.8. The van der Waals surface area contributed by atoms with Crippen molar-refractivity contribution in [2.24, 2.45) is 0 Å². The monoisotopic (exact) mass is 511 g/mol. The van der Waals surface area contributed by atoms with Gasteiger partial charge in [0, 0.05) is 40.9 Å². The van der Waals surface area contributed by atoms with Crippen LogP contribution in [0.5, 0.6) is 5.75 Å². The van der Waals surface area contributed by atoms with Gasteiger partial charge in [0.05, 0.1) is 22.7 Å². The van der Waals surface area contributed by atoms with Gasteiger partial charge in [0.25, 0.3) is 5.91 Å². The fourth-order valence-electron chi connectivity index (χ4n) is 4.68. The average Bonchev–Trinajstić information content (AvgIpc) is 2.94. The molecule has 0 aromatic heterocycles. The van der Waals surface area contributed by atoms with Gasteiger partial charge >= 0.3 is 0 Å². The predicted octanol–water partition coefficient (Wildman–Crippen LogP) is 5.27. The van der Waals surface area contributed by atoms with Crippen LogP contribution in [0.15, 0.2) is 34.8 Å². The number of nitrogens with two attached hydrogens (primary N) is 1. The Morgan fingerprint density at radius 2 is 1.90 bits per heavy atom. The number of piperidine rings is 1. The van der Waals surface area contributed by atoms with E-state index in [4.69, 9.17) is 33.7 Å². The molecule has 2 atom stereocenters. The molecule has 2 aliphatic rings. The van der Waals surface area contributed by atoms with E-state index in [1.165, 1.54) is 5.56 Å². The number of nitrogens with zero attached hydrogens (tertiary/aromatic N) is 1. The van der Waals surface area contributed by atoms with Crippen molar-refractivity contribution in [3.63, 3.8) is 0 Å². The molecule has 2 unspecified atom stereocenters. The maximum Gasteiger partial charge on any atom is 0.255 e. The molecule has 30 heavy (non-hydrogen) atoms. The minimum atomic E-state index is -0.130. The highest BCUT2D eigenvalue weighted by Gasteiger charge is 2.41. The average molecular weight is 513 g/mol. The smallest absolute Gasteiger partial charge is 0.255 e. The fourth-order valence-corrected chi connectivity index (χ4v) is 5.34. The summed E-state index contributed by atoms with van der Waals surface area (Å²) in [5.74, 6) is 0.350. The van der Waals surface area contributed by atoms with Crippen LogP contribution < -0.4 is 15.8 Å². The van der Waals surface area contributed by atoms with E-state index in [9.17, 15) is 4.79 Å². The van der Waals surface area contributed by atoms with Gasteiger partial charge in [-0.05, 0) is 65.4 Å². The van der Waals surface area contributed by atoms with E-state index in [2.05, 4.69) is 26.1 Å². The Labute approximate surface area is 195 Å². The zero-order valence-electron chi connectivity index (χ0n) is 16.6. The van der Waals surface area contributed by atoms with E-state index in [1.54, 1.807) is 19.2 Å². The van der Waals surface area contributed by atoms with Crippen LogP contribution in [0.2, 0.25) is 10.0 Å². The quantitative estimate of drug-likeness (QED) is 0.535. The molecule has 0 radical (unpaired) electrons. The molecule has 2 aromatic carbocycles. The summed E-state index contributed by atoms with van der Waals surface area (Å²) in [7, 11) is 1.54. The molecule has 2 bridgehead atoms. The Hall–Kier alpha value is -1.47. The van der Waals surface area contributed by atoms with Gasteiger partial charge in [0.15, 0.2) is 0 Å². The number of nitrogens with one attached hydrogen (secondary N) is 1. The van der Waals surface area contributed by atoms with Crippen molar-refractivity contribution in [2.75, 3.05) is 12.8 Å². The highest BCUT2D eigenvalue weighted by Crippen LogP contribution is 2.38. The van der Waals surface area contributed by atoms with Gasteiger partial charge in [-0.2, -0.15) is 0 Å². The molecular weight excluding hydrogens is 489 g/mol. The topological polar surface area (TPSA) is 67.6 Å². The van der Waals surface area contributed by atoms with Crippen molar-refractivity contribution < 1.29 is 9.53 Å². The zero-order valence-corrected chi connectivity index (χ0v) is 19.7. The summed E-state index contributed by atoms with van der Waals surface area (Å²) < 4.78 is 6.04. The summed E-state index contributed by atoms with van der Waals surface area (Å²) in [5, 5.41) is 4.38. The molecule has 0 aliphatic carbocycles. The third-order valence-corrected chi connectivity index (χ3v) is 7.56. The van der Waals surface area contributed by atoms with Crippen molar-refractivity contribution in [1.82, 2.24) is 10.2 Å². The summed E-state index contributed by atoms with van der Waals surface area (Å²) in [5.41, 5.74) is 8.11. The maximum absolute atomic E-state index is 12.9. The highest BCUT2D eigenvalue weighted by molar-refractivity contribution is 9.10. The number of hydrogen-bond donors (Lipinski definition) is 2. The number of ether oxygens (including phenoxy) is 1. The van der Waals surface area contributed by atoms with Gasteiger partial charge in [0.2, 0.25) is 0 Å². The zero-order chi connectivity index (χ0) is 21.4. The summed E-state index contributed by atoms with van der Waals surface area (Å²) in [6.07, 6.45) is 4.16. The van der Waals surface area contributed by atoms with Crippen LogP contribution in [-0.2, 0) is 6.54 Å². The van der Waals surface area contributed by atoms with Crippen molar-refractivity contribution in [3.05, 3.63) is 56.0 Å². The molecule has 0 spiro atoms. The van der Waals surface area contributed by atoms with Crippen molar-refractivity contribution in [3.8, 4) is 5.75 Å². The summed E-state index contributed by atoms with van der Waals surface area (Å²) >= 11 is 15.6. The van der Waals surface area contributed by atoms with E-state index >= 15 is 0 Å². The van der Waals surface area contributed by atoms with Gasteiger partial charge in [-0.1, -0.05) is 29.3 Å². The molecule has 5 nitrogen and oxygen atoms in total. The van der Waals surface area contributed by atoms with Crippen LogP contribution in [0.3, 0.4) is 0 Å². The second kappa shape index (κ2) is 8.95. The lowest BCUT2D eigenvalue weighted by molar-refractivity contribution is 0.0825. The van der Waals surface area contributed by atoms with Crippen molar-refractivity contribution in [2.45, 2.75) is 50.4 Å². The first-order valence-electron chi connectivity index (χ1n) is 9.99. The third kappa shape index (κ3) is 4.42. The van der Waals surface area contributed by atoms with E-state index in [1.807, 2.05) is 18.2 Å². The van der Waals surface area contributed by atoms with Crippen molar-refractivity contribution in [1.29, 1.82) is 0 Å². The van der Waals surface area contributed by atoms with E-state index in [0.717, 1.165) is 32.2 Å². The number of rotatable bonds is 5. The molecule has 2 saturated heterocycles. The Morgan fingerprint density at radius 1 is 1.20 bits per heavy atom. The molecule has 8 heteroatoms. The van der Waals surface area contributed by atoms with E-state index < -0.39 is 0 Å². The molecule has 4 rings (SSSR count). The Kier molecular flexibility index (Phi) is 6.49. The van der Waals surface area contributed by atoms with Crippen LogP contribution in [0.1, 0.15) is 41.6 Å². The molecule has 3 N–H and O–H groups in total. The highest BCUT2D eigenvalue weighted by atomic mass is 79.9. The van der Waals surface area contributed by atoms with E-state index in [-0.39, 0.29) is 11.9 Å². The lowest BCUT2D eigenvalue weighted by atomic mass is 9.96. The lowest BCUT2D eigenvalue weighted by Gasteiger charge is -2.39. The van der Waals surface area contributed by atoms with Crippen LogP contribution in [0.4, 0.5) is 5.69 Å². The van der Waals surface area contributed by atoms with Gasteiger partial charge < -0.3 is 15.8 Å². The van der Waals surface area contributed by atoms with Gasteiger partial charge in [0.1, 0.15) is 5.75 Å². The molecular formula is C22H24BrCl2N3O2. The normalized spacial score (nSPS) is 23.4. The minimum Gasteiger partial charge on any atom is -0.496 e. The van der Waals surface area contributed by atoms with Crippen molar-refractivity contribution >= 4 is 50.7 Å². The number of carbonyl (C=O) groups excluding carboxylic acids is 1. The lowest BCUT2D eigenvalue weighted by Crippen LogP contribution is -2.50. The fraction of sp³-hybridized carbons (Fsp3) is 0.409. The minimum absolute atomic E-state index is 0.130. The van der Waals surface area contributed by atoms with Gasteiger partial charge in [-0.3, -0.25) is 9.69 Å².